The van der Waals surface area contributed by atoms with Gasteiger partial charge in [0.05, 0.1) is 23.5 Å². The summed E-state index contributed by atoms with van der Waals surface area (Å²) in [7, 11) is 1.67. The number of hydrogen-bond acceptors (Lipinski definition) is 2. The molecule has 3 nitrogen and oxygen atoms in total. The number of methoxy groups -OCH3 is 1. The smallest absolute Gasteiger partial charge is 0.127 e. The fraction of sp³-hybridized carbons (Fsp3) is 0.533. The van der Waals surface area contributed by atoms with E-state index in [0.29, 0.717) is 6.04 Å². The maximum atomic E-state index is 6.28. The predicted molar refractivity (Wildman–Crippen MR) is 80.2 cm³/mol. The summed E-state index contributed by atoms with van der Waals surface area (Å²) >= 11 is 6.28. The minimum absolute atomic E-state index is 0.0994. The first-order valence-corrected chi connectivity index (χ1v) is 7.22. The van der Waals surface area contributed by atoms with Gasteiger partial charge in [-0.2, -0.15) is 0 Å². The molecule has 0 fully saturated rings. The van der Waals surface area contributed by atoms with Crippen molar-refractivity contribution in [1.29, 1.82) is 0 Å². The quantitative estimate of drug-likeness (QED) is 0.742. The highest BCUT2D eigenvalue weighted by Gasteiger charge is 2.18. The number of alkyl halides is 1. The summed E-state index contributed by atoms with van der Waals surface area (Å²) in [6.45, 7) is 6.38. The van der Waals surface area contributed by atoms with E-state index in [1.54, 1.807) is 7.11 Å². The molecule has 19 heavy (non-hydrogen) atoms. The summed E-state index contributed by atoms with van der Waals surface area (Å²) in [6, 6.07) is 6.41. The number of ether oxygens (including phenoxy) is 1. The van der Waals surface area contributed by atoms with Crippen LogP contribution in [-0.4, -0.2) is 16.7 Å². The molecule has 0 amide bonds. The molecule has 1 aromatic heterocycles. The first-order chi connectivity index (χ1) is 9.08. The average Bonchev–Trinajstić information content (AvgIpc) is 2.77. The van der Waals surface area contributed by atoms with Gasteiger partial charge in [-0.1, -0.05) is 13.3 Å². The SMILES string of the molecule is CCCC(C)n1c(C(C)Cl)nc2cc(OC)ccc21. The Morgan fingerprint density at radius 1 is 1.37 bits per heavy atom. The second kappa shape index (κ2) is 5.83. The van der Waals surface area contributed by atoms with Crippen molar-refractivity contribution in [2.75, 3.05) is 7.11 Å². The van der Waals surface area contributed by atoms with Crippen molar-refractivity contribution in [2.45, 2.75) is 45.0 Å². The van der Waals surface area contributed by atoms with Gasteiger partial charge in [0.2, 0.25) is 0 Å². The molecule has 0 radical (unpaired) electrons. The minimum Gasteiger partial charge on any atom is -0.497 e. The number of fused-ring (bicyclic) bond motifs is 1. The highest BCUT2D eigenvalue weighted by molar-refractivity contribution is 6.20. The van der Waals surface area contributed by atoms with E-state index in [9.17, 15) is 0 Å². The van der Waals surface area contributed by atoms with Crippen LogP contribution in [0.5, 0.6) is 5.75 Å². The Morgan fingerprint density at radius 2 is 2.11 bits per heavy atom. The number of imidazole rings is 1. The van der Waals surface area contributed by atoms with Crippen molar-refractivity contribution in [3.8, 4) is 5.75 Å². The molecule has 0 aliphatic carbocycles. The maximum Gasteiger partial charge on any atom is 0.127 e. The Labute approximate surface area is 119 Å². The van der Waals surface area contributed by atoms with Crippen LogP contribution in [0, 0.1) is 0 Å². The van der Waals surface area contributed by atoms with Crippen molar-refractivity contribution in [1.82, 2.24) is 9.55 Å². The molecular formula is C15H21ClN2O. The van der Waals surface area contributed by atoms with Crippen molar-refractivity contribution in [3.05, 3.63) is 24.0 Å². The number of hydrogen-bond donors (Lipinski definition) is 0. The molecule has 0 bridgehead atoms. The van der Waals surface area contributed by atoms with Gasteiger partial charge in [-0.25, -0.2) is 4.98 Å². The van der Waals surface area contributed by atoms with Gasteiger partial charge in [0.25, 0.3) is 0 Å². The van der Waals surface area contributed by atoms with E-state index < -0.39 is 0 Å². The molecule has 0 saturated heterocycles. The largest absolute Gasteiger partial charge is 0.497 e. The topological polar surface area (TPSA) is 27.1 Å². The Hall–Kier alpha value is -1.22. The predicted octanol–water partition coefficient (Wildman–Crippen LogP) is 4.71. The average molecular weight is 281 g/mol. The van der Waals surface area contributed by atoms with Crippen molar-refractivity contribution in [3.63, 3.8) is 0 Å². The number of benzene rings is 1. The third-order valence-corrected chi connectivity index (χ3v) is 3.62. The zero-order chi connectivity index (χ0) is 14.0. The lowest BCUT2D eigenvalue weighted by atomic mass is 10.2. The van der Waals surface area contributed by atoms with Crippen molar-refractivity contribution < 1.29 is 4.74 Å². The second-order valence-corrected chi connectivity index (χ2v) is 5.60. The molecule has 0 saturated carbocycles. The number of aromatic nitrogens is 2. The summed E-state index contributed by atoms with van der Waals surface area (Å²) in [5.41, 5.74) is 2.08. The second-order valence-electron chi connectivity index (χ2n) is 4.95. The number of rotatable bonds is 5. The summed E-state index contributed by atoms with van der Waals surface area (Å²) in [5, 5.41) is -0.0994. The lowest BCUT2D eigenvalue weighted by molar-refractivity contribution is 0.415. The van der Waals surface area contributed by atoms with E-state index in [2.05, 4.69) is 29.5 Å². The van der Waals surface area contributed by atoms with E-state index in [0.717, 1.165) is 35.4 Å². The van der Waals surface area contributed by atoms with Crippen molar-refractivity contribution in [2.24, 2.45) is 0 Å². The molecule has 0 N–H and O–H groups in total. The molecule has 2 unspecified atom stereocenters. The van der Waals surface area contributed by atoms with Gasteiger partial charge in [0.15, 0.2) is 0 Å². The van der Waals surface area contributed by atoms with E-state index in [1.807, 2.05) is 19.1 Å². The van der Waals surface area contributed by atoms with Crippen LogP contribution in [0.25, 0.3) is 11.0 Å². The molecular weight excluding hydrogens is 260 g/mol. The molecule has 2 atom stereocenters. The molecule has 0 spiro atoms. The molecule has 0 aliphatic rings. The van der Waals surface area contributed by atoms with E-state index in [1.165, 1.54) is 0 Å². The zero-order valence-electron chi connectivity index (χ0n) is 12.0. The molecule has 1 aromatic carbocycles. The maximum absolute atomic E-state index is 6.28. The Balaban J connectivity index is 2.60. The van der Waals surface area contributed by atoms with Crippen LogP contribution in [0.1, 0.15) is 50.9 Å². The first kappa shape index (κ1) is 14.2. The van der Waals surface area contributed by atoms with Gasteiger partial charge >= 0.3 is 0 Å². The molecule has 0 aliphatic heterocycles. The molecule has 2 aromatic rings. The summed E-state index contributed by atoms with van der Waals surface area (Å²) < 4.78 is 7.52. The van der Waals surface area contributed by atoms with Gasteiger partial charge in [-0.05, 0) is 32.4 Å². The van der Waals surface area contributed by atoms with Crippen LogP contribution in [0.2, 0.25) is 0 Å². The Morgan fingerprint density at radius 3 is 2.68 bits per heavy atom. The van der Waals surface area contributed by atoms with Crippen LogP contribution >= 0.6 is 11.6 Å². The third-order valence-electron chi connectivity index (χ3n) is 3.43. The molecule has 2 rings (SSSR count). The molecule has 104 valence electrons. The van der Waals surface area contributed by atoms with E-state index in [-0.39, 0.29) is 5.38 Å². The fourth-order valence-corrected chi connectivity index (χ4v) is 2.67. The summed E-state index contributed by atoms with van der Waals surface area (Å²) in [5.74, 6) is 1.76. The van der Waals surface area contributed by atoms with Crippen molar-refractivity contribution >= 4 is 22.6 Å². The summed E-state index contributed by atoms with van der Waals surface area (Å²) in [4.78, 5) is 4.68. The first-order valence-electron chi connectivity index (χ1n) is 6.78. The monoisotopic (exact) mass is 280 g/mol. The minimum atomic E-state index is -0.0994. The van der Waals surface area contributed by atoms with E-state index >= 15 is 0 Å². The van der Waals surface area contributed by atoms with Crippen LogP contribution in [-0.2, 0) is 0 Å². The van der Waals surface area contributed by atoms with Gasteiger partial charge in [-0.15, -0.1) is 11.6 Å². The van der Waals surface area contributed by atoms with Gasteiger partial charge in [-0.3, -0.25) is 0 Å². The van der Waals surface area contributed by atoms with Crippen LogP contribution < -0.4 is 4.74 Å². The highest BCUT2D eigenvalue weighted by Crippen LogP contribution is 2.31. The fourth-order valence-electron chi connectivity index (χ4n) is 2.51. The normalized spacial score (nSPS) is 14.6. The molecule has 4 heteroatoms. The zero-order valence-corrected chi connectivity index (χ0v) is 12.7. The molecule has 1 heterocycles. The third kappa shape index (κ3) is 2.71. The Kier molecular flexibility index (Phi) is 4.35. The summed E-state index contributed by atoms with van der Waals surface area (Å²) in [6.07, 6.45) is 2.27. The number of nitrogens with zero attached hydrogens (tertiary/aromatic N) is 2. The van der Waals surface area contributed by atoms with Gasteiger partial charge < -0.3 is 9.30 Å². The van der Waals surface area contributed by atoms with Gasteiger partial charge in [0, 0.05) is 12.1 Å². The van der Waals surface area contributed by atoms with Gasteiger partial charge in [0.1, 0.15) is 11.6 Å². The highest BCUT2D eigenvalue weighted by atomic mass is 35.5. The van der Waals surface area contributed by atoms with Crippen LogP contribution in [0.4, 0.5) is 0 Å². The standard InChI is InChI=1S/C15H21ClN2O/c1-5-6-10(2)18-14-8-7-12(19-4)9-13(14)17-15(18)11(3)16/h7-11H,5-6H2,1-4H3. The number of halogens is 1. The van der Waals surface area contributed by atoms with Crippen LogP contribution in [0.3, 0.4) is 0 Å². The van der Waals surface area contributed by atoms with Crippen LogP contribution in [0.15, 0.2) is 18.2 Å². The van der Waals surface area contributed by atoms with E-state index in [4.69, 9.17) is 16.3 Å². The lowest BCUT2D eigenvalue weighted by Gasteiger charge is -2.18. The Bertz CT molecular complexity index is 563. The lowest BCUT2D eigenvalue weighted by Crippen LogP contribution is -2.09.